The highest BCUT2D eigenvalue weighted by Crippen LogP contribution is 2.52. The van der Waals surface area contributed by atoms with Crippen LogP contribution in [0.3, 0.4) is 0 Å². The van der Waals surface area contributed by atoms with Crippen molar-refractivity contribution < 1.29 is 42.7 Å². The van der Waals surface area contributed by atoms with Gasteiger partial charge in [0.2, 0.25) is 18.3 Å². The van der Waals surface area contributed by atoms with Gasteiger partial charge in [-0.1, -0.05) is 12.1 Å². The lowest BCUT2D eigenvalue weighted by Gasteiger charge is -2.26. The number of hydrogen-bond acceptors (Lipinski definition) is 9. The number of allylic oxidation sites excluding steroid dienone is 1. The monoisotopic (exact) mass is 502 g/mol. The predicted octanol–water partition coefficient (Wildman–Crippen LogP) is 4.50. The third-order valence-electron chi connectivity index (χ3n) is 6.58. The van der Waals surface area contributed by atoms with Crippen LogP contribution in [0.15, 0.2) is 48.2 Å². The van der Waals surface area contributed by atoms with E-state index in [0.717, 1.165) is 5.56 Å². The summed E-state index contributed by atoms with van der Waals surface area (Å²) in [5.74, 6) is 2.18. The fourth-order valence-corrected chi connectivity index (χ4v) is 4.91. The molecule has 1 unspecified atom stereocenters. The smallest absolute Gasteiger partial charge is 0.312 e. The summed E-state index contributed by atoms with van der Waals surface area (Å²) in [7, 11) is 4.61. The molecule has 1 atom stereocenters. The van der Waals surface area contributed by atoms with E-state index in [1.807, 2.05) is 6.07 Å². The van der Waals surface area contributed by atoms with Crippen molar-refractivity contribution in [3.05, 3.63) is 70.5 Å². The second kappa shape index (κ2) is 8.77. The van der Waals surface area contributed by atoms with Crippen molar-refractivity contribution >= 4 is 17.8 Å². The molecule has 3 aliphatic heterocycles. The molecule has 0 radical (unpaired) electrons. The molecule has 9 nitrogen and oxygen atoms in total. The predicted molar refractivity (Wildman–Crippen MR) is 130 cm³/mol. The summed E-state index contributed by atoms with van der Waals surface area (Å²) in [6, 6.07) is 12.2. The van der Waals surface area contributed by atoms with E-state index in [4.69, 9.17) is 33.2 Å². The fraction of sp³-hybridized carbons (Fsp3) is 0.214. The van der Waals surface area contributed by atoms with Crippen molar-refractivity contribution in [3.63, 3.8) is 0 Å². The van der Waals surface area contributed by atoms with Crippen molar-refractivity contribution in [3.8, 4) is 40.2 Å². The number of ether oxygens (including phenoxy) is 7. The Bertz CT molecular complexity index is 1490. The SMILES string of the molecule is COc1cccc(/C=C2\Oc3c(ccc4c3C(c3cc(OC)c5c(c3)OCO5)CC(=O)O4)C2=O)c1OC. The number of carbonyl (C=O) groups excluding carboxylic acids is 2. The summed E-state index contributed by atoms with van der Waals surface area (Å²) in [5, 5.41) is 0. The van der Waals surface area contributed by atoms with Crippen LogP contribution in [0.4, 0.5) is 0 Å². The van der Waals surface area contributed by atoms with Crippen molar-refractivity contribution in [1.29, 1.82) is 0 Å². The molecular weight excluding hydrogens is 480 g/mol. The number of Topliss-reactive ketones (excluding diaryl/α,β-unsaturated/α-hetero) is 1. The van der Waals surface area contributed by atoms with Gasteiger partial charge in [0.05, 0.1) is 33.3 Å². The number of benzene rings is 3. The molecule has 0 aromatic heterocycles. The zero-order valence-corrected chi connectivity index (χ0v) is 20.3. The molecular formula is C28H22O9. The molecule has 3 aromatic rings. The standard InChI is InChI=1S/C28H22O9/c1-31-19-6-4-5-14(26(19)33-3)9-20-25(30)16-7-8-18-24(27(16)37-20)17(12-23(29)36-18)15-10-21(32-2)28-22(11-15)34-13-35-28/h4-11,17H,12-13H2,1-3H3/b20-9-. The number of hydrogen-bond donors (Lipinski definition) is 0. The van der Waals surface area contributed by atoms with Crippen LogP contribution >= 0.6 is 0 Å². The van der Waals surface area contributed by atoms with Crippen LogP contribution in [-0.4, -0.2) is 39.9 Å². The van der Waals surface area contributed by atoms with Crippen LogP contribution < -0.4 is 33.2 Å². The molecule has 3 aliphatic rings. The molecule has 0 N–H and O–H groups in total. The minimum Gasteiger partial charge on any atom is -0.493 e. The molecule has 3 aromatic carbocycles. The topological polar surface area (TPSA) is 98.8 Å². The first-order valence-electron chi connectivity index (χ1n) is 11.5. The van der Waals surface area contributed by atoms with E-state index in [-0.39, 0.29) is 24.8 Å². The van der Waals surface area contributed by atoms with Gasteiger partial charge >= 0.3 is 5.97 Å². The fourth-order valence-electron chi connectivity index (χ4n) is 4.91. The van der Waals surface area contributed by atoms with Crippen molar-refractivity contribution in [2.24, 2.45) is 0 Å². The molecule has 0 spiro atoms. The Labute approximate surface area is 212 Å². The highest BCUT2D eigenvalue weighted by atomic mass is 16.7. The first-order valence-corrected chi connectivity index (χ1v) is 11.5. The summed E-state index contributed by atoms with van der Waals surface area (Å²) >= 11 is 0. The Hall–Kier alpha value is -4.66. The molecule has 3 heterocycles. The van der Waals surface area contributed by atoms with Gasteiger partial charge in [-0.2, -0.15) is 0 Å². The van der Waals surface area contributed by atoms with E-state index in [2.05, 4.69) is 0 Å². The van der Waals surface area contributed by atoms with Gasteiger partial charge in [-0.25, -0.2) is 0 Å². The normalized spacial score (nSPS) is 18.1. The largest absolute Gasteiger partial charge is 0.493 e. The first kappa shape index (κ1) is 22.8. The highest BCUT2D eigenvalue weighted by molar-refractivity contribution is 6.15. The van der Waals surface area contributed by atoms with Crippen LogP contribution in [0.25, 0.3) is 6.08 Å². The maximum Gasteiger partial charge on any atom is 0.312 e. The number of fused-ring (bicyclic) bond motifs is 4. The Morgan fingerprint density at radius 3 is 2.49 bits per heavy atom. The third-order valence-corrected chi connectivity index (χ3v) is 6.58. The number of esters is 1. The molecule has 37 heavy (non-hydrogen) atoms. The van der Waals surface area contributed by atoms with Crippen LogP contribution in [0.1, 0.15) is 39.4 Å². The summed E-state index contributed by atoms with van der Waals surface area (Å²) in [5.41, 5.74) is 2.35. The van der Waals surface area contributed by atoms with Gasteiger partial charge in [-0.05, 0) is 42.0 Å². The molecule has 188 valence electrons. The van der Waals surface area contributed by atoms with Gasteiger partial charge < -0.3 is 33.2 Å². The van der Waals surface area contributed by atoms with Gasteiger partial charge in [0.15, 0.2) is 28.8 Å². The van der Waals surface area contributed by atoms with Crippen molar-refractivity contribution in [1.82, 2.24) is 0 Å². The van der Waals surface area contributed by atoms with E-state index in [1.54, 1.807) is 49.6 Å². The number of rotatable bonds is 5. The maximum absolute atomic E-state index is 13.4. The third kappa shape index (κ3) is 3.62. The first-order chi connectivity index (χ1) is 18.0. The lowest BCUT2D eigenvalue weighted by atomic mass is 9.84. The quantitative estimate of drug-likeness (QED) is 0.284. The maximum atomic E-state index is 13.4. The average Bonchev–Trinajstić information content (AvgIpc) is 3.51. The number of carbonyl (C=O) groups is 2. The van der Waals surface area contributed by atoms with E-state index in [9.17, 15) is 9.59 Å². The van der Waals surface area contributed by atoms with Gasteiger partial charge in [0.1, 0.15) is 11.5 Å². The number of methoxy groups -OCH3 is 3. The molecule has 0 saturated heterocycles. The average molecular weight is 502 g/mol. The van der Waals surface area contributed by atoms with Gasteiger partial charge in [-0.15, -0.1) is 0 Å². The lowest BCUT2D eigenvalue weighted by Crippen LogP contribution is -2.21. The number of ketones is 1. The second-order valence-electron chi connectivity index (χ2n) is 8.56. The van der Waals surface area contributed by atoms with Crippen LogP contribution in [-0.2, 0) is 4.79 Å². The lowest BCUT2D eigenvalue weighted by molar-refractivity contribution is -0.135. The molecule has 0 saturated carbocycles. The zero-order chi connectivity index (χ0) is 25.7. The van der Waals surface area contributed by atoms with Crippen LogP contribution in [0, 0.1) is 0 Å². The van der Waals surface area contributed by atoms with Gasteiger partial charge in [0.25, 0.3) is 0 Å². The van der Waals surface area contributed by atoms with E-state index in [0.29, 0.717) is 56.9 Å². The highest BCUT2D eigenvalue weighted by Gasteiger charge is 2.39. The Kier molecular flexibility index (Phi) is 5.40. The minimum atomic E-state index is -0.465. The summed E-state index contributed by atoms with van der Waals surface area (Å²) < 4.78 is 39.2. The van der Waals surface area contributed by atoms with Gasteiger partial charge in [-0.3, -0.25) is 9.59 Å². The minimum absolute atomic E-state index is 0.0482. The van der Waals surface area contributed by atoms with Crippen LogP contribution in [0.5, 0.6) is 40.2 Å². The van der Waals surface area contributed by atoms with E-state index >= 15 is 0 Å². The summed E-state index contributed by atoms with van der Waals surface area (Å²) in [6.45, 7) is 0.0767. The van der Waals surface area contributed by atoms with Crippen LogP contribution in [0.2, 0.25) is 0 Å². The Balaban J connectivity index is 1.46. The molecule has 0 aliphatic carbocycles. The molecule has 9 heteroatoms. The van der Waals surface area contributed by atoms with Crippen molar-refractivity contribution in [2.75, 3.05) is 28.1 Å². The summed E-state index contributed by atoms with van der Waals surface area (Å²) in [6.07, 6.45) is 1.66. The van der Waals surface area contributed by atoms with E-state index in [1.165, 1.54) is 14.2 Å². The Morgan fingerprint density at radius 2 is 1.70 bits per heavy atom. The number of para-hydroxylation sites is 1. The molecule has 0 bridgehead atoms. The molecule has 6 rings (SSSR count). The van der Waals surface area contributed by atoms with E-state index < -0.39 is 11.9 Å². The second-order valence-corrected chi connectivity index (χ2v) is 8.56. The Morgan fingerprint density at radius 1 is 0.865 bits per heavy atom. The molecule has 0 fully saturated rings. The summed E-state index contributed by atoms with van der Waals surface area (Å²) in [4.78, 5) is 25.9. The van der Waals surface area contributed by atoms with Crippen molar-refractivity contribution in [2.45, 2.75) is 12.3 Å². The zero-order valence-electron chi connectivity index (χ0n) is 20.3. The molecule has 0 amide bonds. The van der Waals surface area contributed by atoms with Gasteiger partial charge in [0, 0.05) is 17.0 Å².